The standard InChI is InChI=1S/C14H14N2O2/c15-8-13(11-4-2-1-3-5-11)12(6-7-17)14-9-16-10-18-14/h1-5,9-10,12-13,17H,6-7H2/t12-,13-/m1/s1. The van der Waals surface area contributed by atoms with Crippen LogP contribution in [-0.4, -0.2) is 16.7 Å². The number of aliphatic hydroxyl groups is 1. The van der Waals surface area contributed by atoms with E-state index in [1.54, 1.807) is 6.20 Å². The van der Waals surface area contributed by atoms with Crippen LogP contribution >= 0.6 is 0 Å². The summed E-state index contributed by atoms with van der Waals surface area (Å²) in [7, 11) is 0. The van der Waals surface area contributed by atoms with Crippen LogP contribution in [0.4, 0.5) is 0 Å². The Hall–Kier alpha value is -2.12. The monoisotopic (exact) mass is 242 g/mol. The molecule has 1 heterocycles. The Bertz CT molecular complexity index is 502. The Morgan fingerprint density at radius 3 is 2.67 bits per heavy atom. The average Bonchev–Trinajstić information content (AvgIpc) is 2.93. The Kier molecular flexibility index (Phi) is 4.11. The van der Waals surface area contributed by atoms with Crippen molar-refractivity contribution in [3.05, 3.63) is 54.2 Å². The zero-order valence-corrected chi connectivity index (χ0v) is 9.86. The van der Waals surface area contributed by atoms with Crippen LogP contribution in [0.3, 0.4) is 0 Å². The zero-order valence-electron chi connectivity index (χ0n) is 9.86. The fourth-order valence-corrected chi connectivity index (χ4v) is 2.08. The van der Waals surface area contributed by atoms with Crippen molar-refractivity contribution in [3.8, 4) is 6.07 Å². The summed E-state index contributed by atoms with van der Waals surface area (Å²) in [6.45, 7) is 0.0103. The Balaban J connectivity index is 2.32. The molecule has 4 nitrogen and oxygen atoms in total. The summed E-state index contributed by atoms with van der Waals surface area (Å²) < 4.78 is 5.28. The van der Waals surface area contributed by atoms with E-state index in [1.807, 2.05) is 30.3 Å². The number of oxazole rings is 1. The van der Waals surface area contributed by atoms with E-state index in [4.69, 9.17) is 9.52 Å². The maximum Gasteiger partial charge on any atom is 0.180 e. The number of nitrogens with zero attached hydrogens (tertiary/aromatic N) is 2. The van der Waals surface area contributed by atoms with Crippen LogP contribution in [0.15, 0.2) is 47.3 Å². The van der Waals surface area contributed by atoms with Crippen LogP contribution in [0.1, 0.15) is 29.6 Å². The molecule has 0 saturated carbocycles. The number of hydrogen-bond donors (Lipinski definition) is 1. The van der Waals surface area contributed by atoms with Gasteiger partial charge in [-0.1, -0.05) is 30.3 Å². The molecule has 0 aliphatic rings. The first-order chi connectivity index (χ1) is 8.86. The van der Waals surface area contributed by atoms with Crippen LogP contribution in [0.2, 0.25) is 0 Å². The first-order valence-electron chi connectivity index (χ1n) is 5.80. The fourth-order valence-electron chi connectivity index (χ4n) is 2.08. The minimum Gasteiger partial charge on any atom is -0.448 e. The van der Waals surface area contributed by atoms with E-state index in [1.165, 1.54) is 6.39 Å². The van der Waals surface area contributed by atoms with Gasteiger partial charge < -0.3 is 9.52 Å². The maximum absolute atomic E-state index is 9.38. The van der Waals surface area contributed by atoms with Crippen LogP contribution in [0.25, 0.3) is 0 Å². The molecular formula is C14H14N2O2. The number of aromatic nitrogens is 1. The molecule has 0 aliphatic carbocycles. The van der Waals surface area contributed by atoms with E-state index < -0.39 is 0 Å². The molecule has 1 aromatic carbocycles. The molecule has 1 N–H and O–H groups in total. The van der Waals surface area contributed by atoms with Crippen LogP contribution in [0.5, 0.6) is 0 Å². The number of rotatable bonds is 5. The van der Waals surface area contributed by atoms with E-state index >= 15 is 0 Å². The first kappa shape index (κ1) is 12.3. The topological polar surface area (TPSA) is 70.0 Å². The Morgan fingerprint density at radius 2 is 2.11 bits per heavy atom. The highest BCUT2D eigenvalue weighted by Gasteiger charge is 2.26. The molecule has 1 aromatic heterocycles. The van der Waals surface area contributed by atoms with Gasteiger partial charge in [0.2, 0.25) is 0 Å². The lowest BCUT2D eigenvalue weighted by atomic mass is 9.84. The second kappa shape index (κ2) is 5.99. The highest BCUT2D eigenvalue weighted by atomic mass is 16.3. The van der Waals surface area contributed by atoms with Gasteiger partial charge in [-0.25, -0.2) is 4.98 Å². The average molecular weight is 242 g/mol. The summed E-state index contributed by atoms with van der Waals surface area (Å²) in [6, 6.07) is 11.8. The minimum absolute atomic E-state index is 0.0103. The lowest BCUT2D eigenvalue weighted by molar-refractivity contribution is 0.263. The van der Waals surface area contributed by atoms with E-state index in [2.05, 4.69) is 11.1 Å². The molecule has 18 heavy (non-hydrogen) atoms. The third kappa shape index (κ3) is 2.58. The van der Waals surface area contributed by atoms with Crippen molar-refractivity contribution in [1.82, 2.24) is 4.98 Å². The maximum atomic E-state index is 9.38. The van der Waals surface area contributed by atoms with Gasteiger partial charge in [0.05, 0.1) is 18.2 Å². The van der Waals surface area contributed by atoms with Crippen molar-refractivity contribution >= 4 is 0 Å². The van der Waals surface area contributed by atoms with Crippen molar-refractivity contribution in [3.63, 3.8) is 0 Å². The molecule has 2 rings (SSSR count). The molecule has 0 aliphatic heterocycles. The smallest absolute Gasteiger partial charge is 0.180 e. The third-order valence-electron chi connectivity index (χ3n) is 2.96. The van der Waals surface area contributed by atoms with Gasteiger partial charge in [-0.05, 0) is 12.0 Å². The number of benzene rings is 1. The number of nitriles is 1. The molecule has 2 atom stereocenters. The summed E-state index contributed by atoms with van der Waals surface area (Å²) in [5.74, 6) is 0.121. The summed E-state index contributed by atoms with van der Waals surface area (Å²) >= 11 is 0. The third-order valence-corrected chi connectivity index (χ3v) is 2.96. The van der Waals surface area contributed by atoms with Gasteiger partial charge in [-0.3, -0.25) is 0 Å². The minimum atomic E-state index is -0.341. The number of aliphatic hydroxyl groups excluding tert-OH is 1. The Labute approximate surface area is 106 Å². The fraction of sp³-hybridized carbons (Fsp3) is 0.286. The van der Waals surface area contributed by atoms with Gasteiger partial charge in [-0.2, -0.15) is 5.26 Å². The highest BCUT2D eigenvalue weighted by Crippen LogP contribution is 2.34. The molecular weight excluding hydrogens is 228 g/mol. The highest BCUT2D eigenvalue weighted by molar-refractivity contribution is 5.29. The molecule has 4 heteroatoms. The molecule has 0 fully saturated rings. The molecule has 0 amide bonds. The normalized spacial score (nSPS) is 13.8. The first-order valence-corrected chi connectivity index (χ1v) is 5.80. The van der Waals surface area contributed by atoms with Crippen LogP contribution in [0, 0.1) is 11.3 Å². The van der Waals surface area contributed by atoms with Crippen molar-refractivity contribution in [1.29, 1.82) is 5.26 Å². The molecule has 0 spiro atoms. The van der Waals surface area contributed by atoms with Gasteiger partial charge in [0.1, 0.15) is 5.76 Å². The predicted octanol–water partition coefficient (Wildman–Crippen LogP) is 2.45. The van der Waals surface area contributed by atoms with Gasteiger partial charge in [0.15, 0.2) is 6.39 Å². The molecule has 0 saturated heterocycles. The van der Waals surface area contributed by atoms with Crippen LogP contribution < -0.4 is 0 Å². The quantitative estimate of drug-likeness (QED) is 0.874. The predicted molar refractivity (Wildman–Crippen MR) is 65.7 cm³/mol. The number of hydrogen-bond acceptors (Lipinski definition) is 4. The molecule has 2 aromatic rings. The molecule has 0 bridgehead atoms. The molecule has 0 unspecified atom stereocenters. The van der Waals surface area contributed by atoms with Crippen molar-refractivity contribution < 1.29 is 9.52 Å². The second-order valence-corrected chi connectivity index (χ2v) is 4.04. The van der Waals surface area contributed by atoms with E-state index in [0.29, 0.717) is 12.2 Å². The van der Waals surface area contributed by atoms with Gasteiger partial charge in [0.25, 0.3) is 0 Å². The van der Waals surface area contributed by atoms with Gasteiger partial charge in [-0.15, -0.1) is 0 Å². The zero-order chi connectivity index (χ0) is 12.8. The van der Waals surface area contributed by atoms with Crippen molar-refractivity contribution in [2.24, 2.45) is 0 Å². The summed E-state index contributed by atoms with van der Waals surface area (Å²) in [6.07, 6.45) is 3.43. The second-order valence-electron chi connectivity index (χ2n) is 4.04. The largest absolute Gasteiger partial charge is 0.448 e. The van der Waals surface area contributed by atoms with Crippen molar-refractivity contribution in [2.45, 2.75) is 18.3 Å². The molecule has 92 valence electrons. The van der Waals surface area contributed by atoms with E-state index in [9.17, 15) is 5.26 Å². The van der Waals surface area contributed by atoms with Gasteiger partial charge in [0, 0.05) is 12.5 Å². The van der Waals surface area contributed by atoms with Crippen LogP contribution in [-0.2, 0) is 0 Å². The molecule has 0 radical (unpaired) electrons. The van der Waals surface area contributed by atoms with Crippen molar-refractivity contribution in [2.75, 3.05) is 6.61 Å². The summed E-state index contributed by atoms with van der Waals surface area (Å²) in [5.41, 5.74) is 0.926. The van der Waals surface area contributed by atoms with E-state index in [-0.39, 0.29) is 18.4 Å². The Morgan fingerprint density at radius 1 is 1.33 bits per heavy atom. The SMILES string of the molecule is N#C[C@H](c1ccccc1)[C@@H](CCO)c1cnco1. The lowest BCUT2D eigenvalue weighted by Gasteiger charge is -2.19. The van der Waals surface area contributed by atoms with Gasteiger partial charge >= 0.3 is 0 Å². The summed E-state index contributed by atoms with van der Waals surface area (Å²) in [4.78, 5) is 3.88. The van der Waals surface area contributed by atoms with E-state index in [0.717, 1.165) is 5.56 Å². The summed E-state index contributed by atoms with van der Waals surface area (Å²) in [5, 5.41) is 18.5. The lowest BCUT2D eigenvalue weighted by Crippen LogP contribution is -2.11.